The standard InChI is InChI=1S/C16H24N6O2/c1-11-16(12(2)21(19-11)7-8-23)18-15(24)4-3-13-9-14-10-17-5-6-22(14)20-13/h9,17,23H,3-8,10H2,1-2H3,(H,18,24). The van der Waals surface area contributed by atoms with Crippen molar-refractivity contribution in [2.24, 2.45) is 0 Å². The molecule has 0 fully saturated rings. The molecule has 0 aromatic carbocycles. The van der Waals surface area contributed by atoms with E-state index < -0.39 is 0 Å². The highest BCUT2D eigenvalue weighted by Crippen LogP contribution is 2.19. The molecule has 0 atom stereocenters. The third-order valence-electron chi connectivity index (χ3n) is 4.29. The summed E-state index contributed by atoms with van der Waals surface area (Å²) in [4.78, 5) is 12.3. The number of nitrogens with one attached hydrogen (secondary N) is 2. The second-order valence-corrected chi connectivity index (χ2v) is 6.07. The summed E-state index contributed by atoms with van der Waals surface area (Å²) in [7, 11) is 0. The van der Waals surface area contributed by atoms with E-state index in [4.69, 9.17) is 5.11 Å². The largest absolute Gasteiger partial charge is 0.394 e. The van der Waals surface area contributed by atoms with Crippen LogP contribution < -0.4 is 10.6 Å². The average molecular weight is 332 g/mol. The molecule has 0 saturated heterocycles. The third kappa shape index (κ3) is 3.49. The molecule has 8 nitrogen and oxygen atoms in total. The monoisotopic (exact) mass is 332 g/mol. The number of rotatable bonds is 6. The summed E-state index contributed by atoms with van der Waals surface area (Å²) in [5.74, 6) is -0.0474. The van der Waals surface area contributed by atoms with Crippen molar-refractivity contribution in [3.05, 3.63) is 28.8 Å². The molecule has 3 N–H and O–H groups in total. The predicted molar refractivity (Wildman–Crippen MR) is 89.7 cm³/mol. The van der Waals surface area contributed by atoms with Crippen LogP contribution in [0.1, 0.15) is 29.2 Å². The zero-order valence-electron chi connectivity index (χ0n) is 14.2. The van der Waals surface area contributed by atoms with Gasteiger partial charge in [0, 0.05) is 25.9 Å². The van der Waals surface area contributed by atoms with Gasteiger partial charge in [-0.25, -0.2) is 0 Å². The molecule has 1 amide bonds. The number of anilines is 1. The number of aryl methyl sites for hydroxylation is 2. The lowest BCUT2D eigenvalue weighted by Crippen LogP contribution is -2.28. The molecule has 130 valence electrons. The van der Waals surface area contributed by atoms with Crippen molar-refractivity contribution in [1.82, 2.24) is 24.9 Å². The highest BCUT2D eigenvalue weighted by molar-refractivity contribution is 5.92. The maximum Gasteiger partial charge on any atom is 0.224 e. The van der Waals surface area contributed by atoms with Crippen LogP contribution in [-0.2, 0) is 30.8 Å². The Kier molecular flexibility index (Phi) is 4.96. The van der Waals surface area contributed by atoms with E-state index in [-0.39, 0.29) is 12.5 Å². The molecule has 1 aliphatic heterocycles. The van der Waals surface area contributed by atoms with Gasteiger partial charge in [0.05, 0.1) is 48.2 Å². The third-order valence-corrected chi connectivity index (χ3v) is 4.29. The number of hydrogen-bond acceptors (Lipinski definition) is 5. The van der Waals surface area contributed by atoms with Crippen molar-refractivity contribution in [2.45, 2.75) is 46.3 Å². The van der Waals surface area contributed by atoms with E-state index >= 15 is 0 Å². The summed E-state index contributed by atoms with van der Waals surface area (Å²) in [6.45, 7) is 6.84. The van der Waals surface area contributed by atoms with E-state index in [9.17, 15) is 4.79 Å². The van der Waals surface area contributed by atoms with E-state index in [1.54, 1.807) is 4.68 Å². The maximum absolute atomic E-state index is 12.3. The van der Waals surface area contributed by atoms with Gasteiger partial charge in [0.1, 0.15) is 0 Å². The lowest BCUT2D eigenvalue weighted by atomic mass is 10.2. The number of aromatic nitrogens is 4. The minimum absolute atomic E-state index is 0.0230. The summed E-state index contributed by atoms with van der Waals surface area (Å²) in [5.41, 5.74) is 4.49. The molecule has 0 radical (unpaired) electrons. The first kappa shape index (κ1) is 16.7. The first-order chi connectivity index (χ1) is 11.6. The minimum atomic E-state index is -0.0474. The van der Waals surface area contributed by atoms with Crippen LogP contribution in [0.4, 0.5) is 5.69 Å². The van der Waals surface area contributed by atoms with Crippen LogP contribution in [0.2, 0.25) is 0 Å². The first-order valence-electron chi connectivity index (χ1n) is 8.29. The van der Waals surface area contributed by atoms with Gasteiger partial charge in [0.25, 0.3) is 0 Å². The van der Waals surface area contributed by atoms with Crippen molar-refractivity contribution in [3.8, 4) is 0 Å². The Morgan fingerprint density at radius 3 is 3.00 bits per heavy atom. The molecule has 0 unspecified atom stereocenters. The SMILES string of the molecule is Cc1nn(CCO)c(C)c1NC(=O)CCc1cc2n(n1)CCNC2. The normalized spacial score (nSPS) is 13.8. The van der Waals surface area contributed by atoms with Crippen LogP contribution in [0.3, 0.4) is 0 Å². The fourth-order valence-corrected chi connectivity index (χ4v) is 3.01. The molecule has 3 heterocycles. The number of carbonyl (C=O) groups is 1. The van der Waals surface area contributed by atoms with Crippen molar-refractivity contribution in [2.75, 3.05) is 18.5 Å². The molecule has 2 aromatic rings. The number of hydrogen-bond donors (Lipinski definition) is 3. The van der Waals surface area contributed by atoms with E-state index in [1.807, 2.05) is 18.5 Å². The average Bonchev–Trinajstić information content (AvgIpc) is 3.09. The molecular formula is C16H24N6O2. The predicted octanol–water partition coefficient (Wildman–Crippen LogP) is 0.363. The first-order valence-corrected chi connectivity index (χ1v) is 8.29. The Morgan fingerprint density at radius 2 is 2.25 bits per heavy atom. The Morgan fingerprint density at radius 1 is 1.42 bits per heavy atom. The summed E-state index contributed by atoms with van der Waals surface area (Å²) in [5, 5.41) is 24.2. The summed E-state index contributed by atoms with van der Waals surface area (Å²) in [6, 6.07) is 2.06. The number of aliphatic hydroxyl groups excluding tert-OH is 1. The maximum atomic E-state index is 12.3. The Hall–Kier alpha value is -2.19. The van der Waals surface area contributed by atoms with Gasteiger partial charge < -0.3 is 15.7 Å². The van der Waals surface area contributed by atoms with E-state index in [0.717, 1.165) is 42.4 Å². The van der Waals surface area contributed by atoms with Crippen LogP contribution in [0.5, 0.6) is 0 Å². The van der Waals surface area contributed by atoms with Gasteiger partial charge in [-0.2, -0.15) is 10.2 Å². The molecule has 2 aromatic heterocycles. The van der Waals surface area contributed by atoms with E-state index in [2.05, 4.69) is 26.9 Å². The minimum Gasteiger partial charge on any atom is -0.394 e. The van der Waals surface area contributed by atoms with Gasteiger partial charge in [-0.3, -0.25) is 14.2 Å². The van der Waals surface area contributed by atoms with Gasteiger partial charge >= 0.3 is 0 Å². The molecular weight excluding hydrogens is 308 g/mol. The Balaban J connectivity index is 1.59. The number of fused-ring (bicyclic) bond motifs is 1. The number of aliphatic hydroxyl groups is 1. The van der Waals surface area contributed by atoms with E-state index in [1.165, 1.54) is 5.69 Å². The van der Waals surface area contributed by atoms with Crippen molar-refractivity contribution in [3.63, 3.8) is 0 Å². The van der Waals surface area contributed by atoms with Gasteiger partial charge in [-0.05, 0) is 19.9 Å². The molecule has 0 aliphatic carbocycles. The number of amides is 1. The summed E-state index contributed by atoms with van der Waals surface area (Å²) >= 11 is 0. The number of nitrogens with zero attached hydrogens (tertiary/aromatic N) is 4. The quantitative estimate of drug-likeness (QED) is 0.710. The zero-order chi connectivity index (χ0) is 17.1. The topological polar surface area (TPSA) is 97.0 Å². The van der Waals surface area contributed by atoms with Crippen LogP contribution in [0.15, 0.2) is 6.07 Å². The highest BCUT2D eigenvalue weighted by atomic mass is 16.3. The smallest absolute Gasteiger partial charge is 0.224 e. The van der Waals surface area contributed by atoms with Crippen molar-refractivity contribution in [1.29, 1.82) is 0 Å². The molecule has 0 bridgehead atoms. The lowest BCUT2D eigenvalue weighted by molar-refractivity contribution is -0.116. The second-order valence-electron chi connectivity index (χ2n) is 6.07. The van der Waals surface area contributed by atoms with E-state index in [0.29, 0.717) is 19.4 Å². The van der Waals surface area contributed by atoms with Crippen LogP contribution >= 0.6 is 0 Å². The van der Waals surface area contributed by atoms with Crippen LogP contribution in [0, 0.1) is 13.8 Å². The zero-order valence-corrected chi connectivity index (χ0v) is 14.2. The second kappa shape index (κ2) is 7.14. The van der Waals surface area contributed by atoms with Crippen molar-refractivity contribution >= 4 is 11.6 Å². The lowest BCUT2D eigenvalue weighted by Gasteiger charge is -2.13. The summed E-state index contributed by atoms with van der Waals surface area (Å²) in [6.07, 6.45) is 1.00. The fourth-order valence-electron chi connectivity index (χ4n) is 3.01. The Bertz CT molecular complexity index is 710. The van der Waals surface area contributed by atoms with Crippen LogP contribution in [0.25, 0.3) is 0 Å². The molecule has 3 rings (SSSR count). The van der Waals surface area contributed by atoms with Gasteiger partial charge in [0.15, 0.2) is 0 Å². The van der Waals surface area contributed by atoms with Crippen molar-refractivity contribution < 1.29 is 9.90 Å². The molecule has 1 aliphatic rings. The van der Waals surface area contributed by atoms with Gasteiger partial charge in [-0.15, -0.1) is 0 Å². The summed E-state index contributed by atoms with van der Waals surface area (Å²) < 4.78 is 3.72. The van der Waals surface area contributed by atoms with Gasteiger partial charge in [-0.1, -0.05) is 0 Å². The molecule has 8 heteroatoms. The molecule has 24 heavy (non-hydrogen) atoms. The molecule has 0 spiro atoms. The van der Waals surface area contributed by atoms with Gasteiger partial charge in [0.2, 0.25) is 5.91 Å². The Labute approximate surface area is 140 Å². The molecule has 0 saturated carbocycles. The fraction of sp³-hybridized carbons (Fsp3) is 0.562. The highest BCUT2D eigenvalue weighted by Gasteiger charge is 2.15. The van der Waals surface area contributed by atoms with Crippen LogP contribution in [-0.4, -0.2) is 43.7 Å². The number of carbonyl (C=O) groups excluding carboxylic acids is 1.